The number of thioether (sulfide) groups is 1. The normalized spacial score (nSPS) is 10.4. The minimum atomic E-state index is -0.157. The zero-order valence-corrected chi connectivity index (χ0v) is 14.1. The third kappa shape index (κ3) is 4.43. The Morgan fingerprint density at radius 2 is 1.92 bits per heavy atom. The van der Waals surface area contributed by atoms with Gasteiger partial charge in [0.15, 0.2) is 0 Å². The number of carbonyl (C=O) groups excluding carboxylic acids is 1. The molecule has 3 aromatic rings. The Bertz CT molecular complexity index is 802. The van der Waals surface area contributed by atoms with Gasteiger partial charge in [0.2, 0.25) is 0 Å². The molecule has 4 nitrogen and oxygen atoms in total. The van der Waals surface area contributed by atoms with Gasteiger partial charge < -0.3 is 5.32 Å². The molecule has 5 heteroatoms. The third-order valence-electron chi connectivity index (χ3n) is 3.40. The van der Waals surface area contributed by atoms with Crippen molar-refractivity contribution in [3.63, 3.8) is 0 Å². The van der Waals surface area contributed by atoms with Gasteiger partial charge in [-0.25, -0.2) is 4.98 Å². The van der Waals surface area contributed by atoms with E-state index in [0.29, 0.717) is 11.4 Å². The lowest BCUT2D eigenvalue weighted by Crippen LogP contribution is -2.12. The Labute approximate surface area is 145 Å². The molecule has 24 heavy (non-hydrogen) atoms. The number of benzene rings is 1. The van der Waals surface area contributed by atoms with Crippen LogP contribution in [-0.2, 0) is 5.75 Å². The molecule has 120 valence electrons. The van der Waals surface area contributed by atoms with E-state index in [0.717, 1.165) is 16.2 Å². The van der Waals surface area contributed by atoms with Gasteiger partial charge in [0.25, 0.3) is 5.91 Å². The first-order chi connectivity index (χ1) is 11.7. The van der Waals surface area contributed by atoms with E-state index in [1.165, 1.54) is 5.56 Å². The highest BCUT2D eigenvalue weighted by Crippen LogP contribution is 2.22. The number of rotatable bonds is 5. The van der Waals surface area contributed by atoms with E-state index >= 15 is 0 Å². The van der Waals surface area contributed by atoms with Crippen molar-refractivity contribution < 1.29 is 4.79 Å². The zero-order chi connectivity index (χ0) is 16.8. The van der Waals surface area contributed by atoms with Crippen molar-refractivity contribution in [3.8, 4) is 0 Å². The topological polar surface area (TPSA) is 54.9 Å². The standard InChI is InChI=1S/C19H17N3OS/c1-14-4-9-18(21-11-14)22-19(23)16-5-7-17(8-6-16)24-13-15-3-2-10-20-12-15/h2-12H,13H2,1H3,(H,21,22,23). The van der Waals surface area contributed by atoms with Crippen LogP contribution in [0.2, 0.25) is 0 Å². The summed E-state index contributed by atoms with van der Waals surface area (Å²) < 4.78 is 0. The first kappa shape index (κ1) is 16.2. The summed E-state index contributed by atoms with van der Waals surface area (Å²) in [6.45, 7) is 1.96. The average molecular weight is 335 g/mol. The highest BCUT2D eigenvalue weighted by molar-refractivity contribution is 7.98. The Kier molecular flexibility index (Phi) is 5.23. The fraction of sp³-hybridized carbons (Fsp3) is 0.105. The Hall–Kier alpha value is -2.66. The van der Waals surface area contributed by atoms with Crippen molar-refractivity contribution in [1.82, 2.24) is 9.97 Å². The summed E-state index contributed by atoms with van der Waals surface area (Å²) >= 11 is 1.72. The van der Waals surface area contributed by atoms with E-state index < -0.39 is 0 Å². The number of aromatic nitrogens is 2. The molecule has 3 rings (SSSR count). The van der Waals surface area contributed by atoms with Gasteiger partial charge in [-0.1, -0.05) is 12.1 Å². The largest absolute Gasteiger partial charge is 0.307 e. The van der Waals surface area contributed by atoms with Crippen molar-refractivity contribution in [1.29, 1.82) is 0 Å². The highest BCUT2D eigenvalue weighted by Gasteiger charge is 2.07. The van der Waals surface area contributed by atoms with Crippen LogP contribution in [0.15, 0.2) is 72.0 Å². The van der Waals surface area contributed by atoms with Gasteiger partial charge in [-0.3, -0.25) is 9.78 Å². The van der Waals surface area contributed by atoms with Gasteiger partial charge in [-0.2, -0.15) is 0 Å². The fourth-order valence-electron chi connectivity index (χ4n) is 2.08. The monoisotopic (exact) mass is 335 g/mol. The van der Waals surface area contributed by atoms with E-state index in [4.69, 9.17) is 0 Å². The summed E-state index contributed by atoms with van der Waals surface area (Å²) in [6.07, 6.45) is 5.36. The number of nitrogens with zero attached hydrogens (tertiary/aromatic N) is 2. The number of aryl methyl sites for hydroxylation is 1. The maximum atomic E-state index is 12.2. The van der Waals surface area contributed by atoms with Crippen molar-refractivity contribution in [3.05, 3.63) is 83.8 Å². The molecule has 0 saturated carbocycles. The number of amides is 1. The Balaban J connectivity index is 1.59. The van der Waals surface area contributed by atoms with Gasteiger partial charge in [0.1, 0.15) is 5.82 Å². The molecule has 1 amide bonds. The molecule has 1 N–H and O–H groups in total. The molecule has 2 heterocycles. The number of carbonyl (C=O) groups is 1. The van der Waals surface area contributed by atoms with Gasteiger partial charge in [0.05, 0.1) is 0 Å². The van der Waals surface area contributed by atoms with E-state index in [2.05, 4.69) is 21.4 Å². The molecule has 0 fully saturated rings. The first-order valence-corrected chi connectivity index (χ1v) is 8.55. The van der Waals surface area contributed by atoms with Gasteiger partial charge in [0, 0.05) is 34.8 Å². The summed E-state index contributed by atoms with van der Waals surface area (Å²) in [6, 6.07) is 15.3. The number of nitrogens with one attached hydrogen (secondary N) is 1. The van der Waals surface area contributed by atoms with Crippen molar-refractivity contribution in [2.45, 2.75) is 17.6 Å². The van der Waals surface area contributed by atoms with Crippen LogP contribution in [-0.4, -0.2) is 15.9 Å². The van der Waals surface area contributed by atoms with Crippen LogP contribution >= 0.6 is 11.8 Å². The molecule has 0 aliphatic carbocycles. The second-order valence-corrected chi connectivity index (χ2v) is 6.40. The second-order valence-electron chi connectivity index (χ2n) is 5.35. The van der Waals surface area contributed by atoms with Crippen LogP contribution < -0.4 is 5.32 Å². The maximum absolute atomic E-state index is 12.2. The lowest BCUT2D eigenvalue weighted by Gasteiger charge is -2.06. The molecule has 0 unspecified atom stereocenters. The molecule has 0 aliphatic rings. The summed E-state index contributed by atoms with van der Waals surface area (Å²) in [5.41, 5.74) is 2.85. The molecule has 0 spiro atoms. The maximum Gasteiger partial charge on any atom is 0.256 e. The van der Waals surface area contributed by atoms with Crippen molar-refractivity contribution in [2.75, 3.05) is 5.32 Å². The summed E-state index contributed by atoms with van der Waals surface area (Å²) in [4.78, 5) is 21.6. The minimum absolute atomic E-state index is 0.157. The zero-order valence-electron chi connectivity index (χ0n) is 13.3. The van der Waals surface area contributed by atoms with Crippen LogP contribution in [0.3, 0.4) is 0 Å². The molecule has 0 bridgehead atoms. The Morgan fingerprint density at radius 1 is 1.08 bits per heavy atom. The fourth-order valence-corrected chi connectivity index (χ4v) is 2.92. The Morgan fingerprint density at radius 3 is 2.58 bits per heavy atom. The van der Waals surface area contributed by atoms with Crippen molar-refractivity contribution >= 4 is 23.5 Å². The number of pyridine rings is 2. The predicted octanol–water partition coefficient (Wildman–Crippen LogP) is 4.33. The SMILES string of the molecule is Cc1ccc(NC(=O)c2ccc(SCc3cccnc3)cc2)nc1. The number of hydrogen-bond donors (Lipinski definition) is 1. The molecular formula is C19H17N3OS. The van der Waals surface area contributed by atoms with Gasteiger partial charge >= 0.3 is 0 Å². The van der Waals surface area contributed by atoms with E-state index in [-0.39, 0.29) is 5.91 Å². The smallest absolute Gasteiger partial charge is 0.256 e. The van der Waals surface area contributed by atoms with Gasteiger partial charge in [-0.15, -0.1) is 11.8 Å². The lowest BCUT2D eigenvalue weighted by atomic mass is 10.2. The molecule has 1 aromatic carbocycles. The highest BCUT2D eigenvalue weighted by atomic mass is 32.2. The van der Waals surface area contributed by atoms with E-state index in [1.807, 2.05) is 49.5 Å². The molecule has 0 radical (unpaired) electrons. The molecule has 2 aromatic heterocycles. The van der Waals surface area contributed by atoms with E-state index in [1.54, 1.807) is 30.2 Å². The summed E-state index contributed by atoms with van der Waals surface area (Å²) in [5, 5.41) is 2.80. The molecular weight excluding hydrogens is 318 g/mol. The number of hydrogen-bond acceptors (Lipinski definition) is 4. The van der Waals surface area contributed by atoms with Crippen LogP contribution in [0.25, 0.3) is 0 Å². The van der Waals surface area contributed by atoms with Crippen LogP contribution in [0.5, 0.6) is 0 Å². The third-order valence-corrected chi connectivity index (χ3v) is 4.48. The second kappa shape index (κ2) is 7.75. The average Bonchev–Trinajstić information content (AvgIpc) is 2.63. The number of anilines is 1. The van der Waals surface area contributed by atoms with Crippen LogP contribution in [0.1, 0.15) is 21.5 Å². The quantitative estimate of drug-likeness (QED) is 0.705. The van der Waals surface area contributed by atoms with Gasteiger partial charge in [-0.05, 0) is 54.4 Å². The summed E-state index contributed by atoms with van der Waals surface area (Å²) in [7, 11) is 0. The molecule has 0 aliphatic heterocycles. The van der Waals surface area contributed by atoms with Crippen LogP contribution in [0.4, 0.5) is 5.82 Å². The first-order valence-electron chi connectivity index (χ1n) is 7.56. The predicted molar refractivity (Wildman–Crippen MR) is 97.2 cm³/mol. The summed E-state index contributed by atoms with van der Waals surface area (Å²) in [5.74, 6) is 1.25. The lowest BCUT2D eigenvalue weighted by molar-refractivity contribution is 0.102. The van der Waals surface area contributed by atoms with Crippen LogP contribution in [0, 0.1) is 6.92 Å². The van der Waals surface area contributed by atoms with Crippen molar-refractivity contribution in [2.24, 2.45) is 0 Å². The minimum Gasteiger partial charge on any atom is -0.307 e. The molecule has 0 atom stereocenters. The van der Waals surface area contributed by atoms with E-state index in [9.17, 15) is 4.79 Å². The molecule has 0 saturated heterocycles.